The highest BCUT2D eigenvalue weighted by Gasteiger charge is 2.15. The van der Waals surface area contributed by atoms with E-state index in [1.165, 1.54) is 11.8 Å². The first-order chi connectivity index (χ1) is 11.5. The number of anilines is 1. The van der Waals surface area contributed by atoms with Gasteiger partial charge in [0.1, 0.15) is 5.76 Å². The maximum Gasteiger partial charge on any atom is 0.234 e. The van der Waals surface area contributed by atoms with Crippen LogP contribution in [-0.2, 0) is 11.8 Å². The van der Waals surface area contributed by atoms with Crippen LogP contribution in [0.1, 0.15) is 5.76 Å². The predicted octanol–water partition coefficient (Wildman–Crippen LogP) is 3.77. The fourth-order valence-corrected chi connectivity index (χ4v) is 3.09. The maximum atomic E-state index is 12.1. The Morgan fingerprint density at radius 1 is 1.38 bits per heavy atom. The zero-order chi connectivity index (χ0) is 17.1. The van der Waals surface area contributed by atoms with Gasteiger partial charge in [-0.3, -0.25) is 4.79 Å². The molecule has 1 amide bonds. The molecular formula is C16H15ClN4O2S. The summed E-state index contributed by atoms with van der Waals surface area (Å²) in [5.41, 5.74) is 1.56. The van der Waals surface area contributed by atoms with E-state index in [1.54, 1.807) is 30.5 Å². The van der Waals surface area contributed by atoms with E-state index in [1.807, 2.05) is 24.6 Å². The first-order valence-electron chi connectivity index (χ1n) is 7.16. The second-order valence-electron chi connectivity index (χ2n) is 5.10. The molecule has 0 aliphatic carbocycles. The van der Waals surface area contributed by atoms with E-state index in [-0.39, 0.29) is 11.7 Å². The Bertz CT molecular complexity index is 875. The third-order valence-electron chi connectivity index (χ3n) is 3.38. The molecule has 0 atom stereocenters. The number of furan rings is 1. The Morgan fingerprint density at radius 2 is 2.21 bits per heavy atom. The van der Waals surface area contributed by atoms with E-state index >= 15 is 0 Å². The number of benzene rings is 1. The van der Waals surface area contributed by atoms with Crippen LogP contribution in [0, 0.1) is 6.92 Å². The average Bonchev–Trinajstić information content (AvgIpc) is 3.11. The lowest BCUT2D eigenvalue weighted by Crippen LogP contribution is -2.14. The summed E-state index contributed by atoms with van der Waals surface area (Å²) in [7, 11) is 1.86. The quantitative estimate of drug-likeness (QED) is 0.699. The van der Waals surface area contributed by atoms with Crippen LogP contribution >= 0.6 is 23.4 Å². The monoisotopic (exact) mass is 362 g/mol. The number of carbonyl (C=O) groups is 1. The third-order valence-corrected chi connectivity index (χ3v) is 4.63. The number of thioether (sulfide) groups is 1. The number of rotatable bonds is 5. The van der Waals surface area contributed by atoms with Gasteiger partial charge in [-0.1, -0.05) is 29.4 Å². The molecule has 2 aromatic heterocycles. The molecule has 1 aromatic carbocycles. The summed E-state index contributed by atoms with van der Waals surface area (Å²) in [4.78, 5) is 12.1. The minimum Gasteiger partial charge on any atom is -0.469 e. The third kappa shape index (κ3) is 3.63. The molecule has 0 saturated carbocycles. The molecule has 1 N–H and O–H groups in total. The van der Waals surface area contributed by atoms with Crippen molar-refractivity contribution in [3.05, 3.63) is 47.4 Å². The van der Waals surface area contributed by atoms with Crippen LogP contribution in [0.5, 0.6) is 0 Å². The van der Waals surface area contributed by atoms with Crippen LogP contribution in [0.4, 0.5) is 5.69 Å². The van der Waals surface area contributed by atoms with Crippen molar-refractivity contribution in [1.29, 1.82) is 0 Å². The zero-order valence-corrected chi connectivity index (χ0v) is 14.7. The maximum absolute atomic E-state index is 12.1. The molecule has 0 spiro atoms. The van der Waals surface area contributed by atoms with Crippen molar-refractivity contribution in [2.45, 2.75) is 12.1 Å². The van der Waals surface area contributed by atoms with Crippen LogP contribution in [0.25, 0.3) is 11.4 Å². The van der Waals surface area contributed by atoms with E-state index in [0.29, 0.717) is 21.7 Å². The minimum atomic E-state index is -0.133. The first kappa shape index (κ1) is 16.6. The van der Waals surface area contributed by atoms with Gasteiger partial charge in [-0.2, -0.15) is 0 Å². The van der Waals surface area contributed by atoms with Gasteiger partial charge in [0.15, 0.2) is 11.0 Å². The van der Waals surface area contributed by atoms with Crippen LogP contribution < -0.4 is 5.32 Å². The Balaban J connectivity index is 1.64. The number of aromatic nitrogens is 3. The molecule has 0 unspecified atom stereocenters. The molecule has 0 bridgehead atoms. The number of halogens is 1. The van der Waals surface area contributed by atoms with Gasteiger partial charge in [0.05, 0.1) is 17.6 Å². The number of amides is 1. The Labute approximate surface area is 148 Å². The number of nitrogens with one attached hydrogen (secondary N) is 1. The Morgan fingerprint density at radius 3 is 2.92 bits per heavy atom. The highest BCUT2D eigenvalue weighted by molar-refractivity contribution is 7.99. The zero-order valence-electron chi connectivity index (χ0n) is 13.1. The van der Waals surface area contributed by atoms with E-state index in [0.717, 1.165) is 11.3 Å². The molecule has 0 aliphatic heterocycles. The van der Waals surface area contributed by atoms with Crippen LogP contribution in [0.3, 0.4) is 0 Å². The van der Waals surface area contributed by atoms with Gasteiger partial charge < -0.3 is 14.3 Å². The fraction of sp³-hybridized carbons (Fsp3) is 0.188. The van der Waals surface area contributed by atoms with Crippen LogP contribution in [-0.4, -0.2) is 26.4 Å². The van der Waals surface area contributed by atoms with E-state index in [2.05, 4.69) is 15.5 Å². The van der Waals surface area contributed by atoms with Gasteiger partial charge in [0, 0.05) is 17.8 Å². The van der Waals surface area contributed by atoms with Crippen molar-refractivity contribution in [2.75, 3.05) is 11.1 Å². The lowest BCUT2D eigenvalue weighted by Gasteiger charge is -2.05. The van der Waals surface area contributed by atoms with Gasteiger partial charge in [0.2, 0.25) is 5.91 Å². The lowest BCUT2D eigenvalue weighted by molar-refractivity contribution is -0.113. The standard InChI is InChI=1S/C16H15ClN4O2S/c1-10-13(6-7-23-10)15-19-20-16(21(15)2)24-9-14(22)18-12-5-3-4-11(17)8-12/h3-8H,9H2,1-2H3,(H,18,22). The van der Waals surface area contributed by atoms with E-state index < -0.39 is 0 Å². The molecule has 0 fully saturated rings. The highest BCUT2D eigenvalue weighted by atomic mass is 35.5. The second-order valence-corrected chi connectivity index (χ2v) is 6.48. The van der Waals surface area contributed by atoms with E-state index in [9.17, 15) is 4.79 Å². The van der Waals surface area contributed by atoms with Crippen molar-refractivity contribution in [3.8, 4) is 11.4 Å². The van der Waals surface area contributed by atoms with Crippen molar-refractivity contribution in [1.82, 2.24) is 14.8 Å². The van der Waals surface area contributed by atoms with Crippen LogP contribution in [0.15, 0.2) is 46.2 Å². The molecule has 8 heteroatoms. The van der Waals surface area contributed by atoms with Gasteiger partial charge in [0.25, 0.3) is 0 Å². The van der Waals surface area contributed by atoms with Gasteiger partial charge in [-0.25, -0.2) is 0 Å². The number of nitrogens with zero attached hydrogens (tertiary/aromatic N) is 3. The molecule has 3 aromatic rings. The highest BCUT2D eigenvalue weighted by Crippen LogP contribution is 2.26. The van der Waals surface area contributed by atoms with Gasteiger partial charge in [-0.05, 0) is 31.2 Å². The molecule has 124 valence electrons. The topological polar surface area (TPSA) is 72.9 Å². The van der Waals surface area contributed by atoms with E-state index in [4.69, 9.17) is 16.0 Å². The van der Waals surface area contributed by atoms with Gasteiger partial charge >= 0.3 is 0 Å². The predicted molar refractivity (Wildman–Crippen MR) is 94.2 cm³/mol. The molecule has 0 saturated heterocycles. The SMILES string of the molecule is Cc1occc1-c1nnc(SCC(=O)Nc2cccc(Cl)c2)n1C. The number of aryl methyl sites for hydroxylation is 1. The first-order valence-corrected chi connectivity index (χ1v) is 8.53. The molecule has 0 radical (unpaired) electrons. The van der Waals surface area contributed by atoms with Gasteiger partial charge in [-0.15, -0.1) is 10.2 Å². The Hall–Kier alpha value is -2.25. The number of hydrogen-bond acceptors (Lipinski definition) is 5. The smallest absolute Gasteiger partial charge is 0.234 e. The fourth-order valence-electron chi connectivity index (χ4n) is 2.19. The molecule has 0 aliphatic rings. The summed E-state index contributed by atoms with van der Waals surface area (Å²) in [6, 6.07) is 8.88. The molecule has 24 heavy (non-hydrogen) atoms. The summed E-state index contributed by atoms with van der Waals surface area (Å²) < 4.78 is 7.14. The molecular weight excluding hydrogens is 348 g/mol. The Kier molecular flexibility index (Phi) is 4.92. The summed E-state index contributed by atoms with van der Waals surface area (Å²) in [5.74, 6) is 1.58. The van der Waals surface area contributed by atoms with Crippen molar-refractivity contribution < 1.29 is 9.21 Å². The molecule has 3 rings (SSSR count). The summed E-state index contributed by atoms with van der Waals surface area (Å²) in [6.45, 7) is 1.87. The van der Waals surface area contributed by atoms with Crippen molar-refractivity contribution in [2.24, 2.45) is 7.05 Å². The summed E-state index contributed by atoms with van der Waals surface area (Å²) in [6.07, 6.45) is 1.62. The summed E-state index contributed by atoms with van der Waals surface area (Å²) in [5, 5.41) is 12.4. The second kappa shape index (κ2) is 7.11. The number of hydrogen-bond donors (Lipinski definition) is 1. The largest absolute Gasteiger partial charge is 0.469 e. The minimum absolute atomic E-state index is 0.133. The average molecular weight is 363 g/mol. The normalized spacial score (nSPS) is 10.8. The molecule has 6 nitrogen and oxygen atoms in total. The summed E-state index contributed by atoms with van der Waals surface area (Å²) >= 11 is 7.22. The van der Waals surface area contributed by atoms with Crippen LogP contribution in [0.2, 0.25) is 5.02 Å². The van der Waals surface area contributed by atoms with Crippen molar-refractivity contribution in [3.63, 3.8) is 0 Å². The number of carbonyl (C=O) groups excluding carboxylic acids is 1. The molecule has 2 heterocycles. The van der Waals surface area contributed by atoms with Crippen molar-refractivity contribution >= 4 is 35.0 Å². The lowest BCUT2D eigenvalue weighted by atomic mass is 10.2.